The molecule has 0 amide bonds. The molecule has 12 heteroatoms. The summed E-state index contributed by atoms with van der Waals surface area (Å²) in [6.45, 7) is 5.74. The van der Waals surface area contributed by atoms with Gasteiger partial charge in [0.1, 0.15) is 12.7 Å². The van der Waals surface area contributed by atoms with Crippen molar-refractivity contribution in [1.82, 2.24) is 0 Å². The minimum absolute atomic E-state index is 0.0596. The highest BCUT2D eigenvalue weighted by Crippen LogP contribution is 2.33. The van der Waals surface area contributed by atoms with Gasteiger partial charge in [0.2, 0.25) is 6.29 Å². The quantitative estimate of drug-likeness (QED) is 0.330. The summed E-state index contributed by atoms with van der Waals surface area (Å²) in [6.07, 6.45) is -8.30. The van der Waals surface area contributed by atoms with Crippen molar-refractivity contribution >= 4 is 29.8 Å². The predicted molar refractivity (Wildman–Crippen MR) is 119 cm³/mol. The van der Waals surface area contributed by atoms with Crippen LogP contribution in [0.15, 0.2) is 30.3 Å². The summed E-state index contributed by atoms with van der Waals surface area (Å²) in [5, 5.41) is 0. The highest BCUT2D eigenvalue weighted by Gasteiger charge is 2.53. The topological polar surface area (TPSA) is 150 Å². The molecule has 0 bridgehead atoms. The van der Waals surface area contributed by atoms with Crippen LogP contribution in [-0.2, 0) is 57.1 Å². The Morgan fingerprint density at radius 2 is 1.33 bits per heavy atom. The van der Waals surface area contributed by atoms with Crippen molar-refractivity contribution in [3.63, 3.8) is 0 Å². The zero-order chi connectivity index (χ0) is 26.8. The summed E-state index contributed by atoms with van der Waals surface area (Å²) in [5.74, 6) is -3.75. The monoisotopic (exact) mass is 510 g/mol. The molecule has 198 valence electrons. The smallest absolute Gasteiger partial charge is 0.340 e. The molecule has 1 aliphatic rings. The van der Waals surface area contributed by atoms with Crippen LogP contribution in [0.5, 0.6) is 0 Å². The minimum atomic E-state index is -1.53. The standard InChI is InChI=1S/C24H30O12/c1-6-30-23(29)19(17-10-8-7-9-11-17)36-24-22(34-16(5)28)21(33-15(4)27)20(32-14(3)26)18(35-24)12-31-13(2)25/h7-11,18-22,24H,6,12H2,1-5H3. The number of benzene rings is 1. The van der Waals surface area contributed by atoms with E-state index in [1.165, 1.54) is 0 Å². The van der Waals surface area contributed by atoms with Crippen LogP contribution in [0.2, 0.25) is 0 Å². The third-order valence-electron chi connectivity index (χ3n) is 4.82. The van der Waals surface area contributed by atoms with Gasteiger partial charge in [-0.25, -0.2) is 4.79 Å². The van der Waals surface area contributed by atoms with Gasteiger partial charge in [0.15, 0.2) is 24.4 Å². The maximum Gasteiger partial charge on any atom is 0.340 e. The van der Waals surface area contributed by atoms with Gasteiger partial charge in [0.25, 0.3) is 0 Å². The SMILES string of the molecule is CCOC(=O)C(OC1OC(COC(C)=O)C(OC(C)=O)C(OC(C)=O)C1OC(C)=O)c1ccccc1. The van der Waals surface area contributed by atoms with Gasteiger partial charge >= 0.3 is 29.8 Å². The average molecular weight is 510 g/mol. The molecule has 6 atom stereocenters. The lowest BCUT2D eigenvalue weighted by molar-refractivity contribution is -0.316. The maximum atomic E-state index is 12.8. The number of hydrogen-bond acceptors (Lipinski definition) is 12. The third-order valence-corrected chi connectivity index (χ3v) is 4.82. The molecule has 1 aliphatic heterocycles. The molecule has 1 saturated heterocycles. The van der Waals surface area contributed by atoms with Crippen LogP contribution in [0, 0.1) is 0 Å². The second-order valence-electron chi connectivity index (χ2n) is 7.75. The molecular formula is C24H30O12. The van der Waals surface area contributed by atoms with Crippen LogP contribution >= 0.6 is 0 Å². The number of esters is 5. The van der Waals surface area contributed by atoms with Crippen molar-refractivity contribution in [1.29, 1.82) is 0 Å². The highest BCUT2D eigenvalue weighted by atomic mass is 16.7. The Bertz CT molecular complexity index is 930. The van der Waals surface area contributed by atoms with Crippen LogP contribution in [-0.4, -0.2) is 73.8 Å². The van der Waals surface area contributed by atoms with Crippen LogP contribution < -0.4 is 0 Å². The van der Waals surface area contributed by atoms with E-state index in [1.54, 1.807) is 37.3 Å². The number of rotatable bonds is 10. The number of carbonyl (C=O) groups excluding carboxylic acids is 5. The van der Waals surface area contributed by atoms with Gasteiger partial charge in [-0.05, 0) is 12.5 Å². The summed E-state index contributed by atoms with van der Waals surface area (Å²) in [6, 6.07) is 8.33. The van der Waals surface area contributed by atoms with Crippen LogP contribution in [0.1, 0.15) is 46.3 Å². The van der Waals surface area contributed by atoms with E-state index in [9.17, 15) is 24.0 Å². The van der Waals surface area contributed by atoms with Gasteiger partial charge in [-0.1, -0.05) is 30.3 Å². The molecule has 0 aliphatic carbocycles. The Morgan fingerprint density at radius 3 is 1.86 bits per heavy atom. The largest absolute Gasteiger partial charge is 0.464 e. The first-order chi connectivity index (χ1) is 17.0. The predicted octanol–water partition coefficient (Wildman–Crippen LogP) is 1.39. The molecule has 0 spiro atoms. The van der Waals surface area contributed by atoms with E-state index in [-0.39, 0.29) is 6.61 Å². The molecule has 1 fully saturated rings. The van der Waals surface area contributed by atoms with Gasteiger partial charge in [0, 0.05) is 27.7 Å². The van der Waals surface area contributed by atoms with Crippen molar-refractivity contribution in [2.24, 2.45) is 0 Å². The number of ether oxygens (including phenoxy) is 7. The Labute approximate surface area is 208 Å². The molecule has 0 saturated carbocycles. The van der Waals surface area contributed by atoms with Crippen LogP contribution in [0.4, 0.5) is 0 Å². The Balaban J connectivity index is 2.53. The summed E-state index contributed by atoms with van der Waals surface area (Å²) >= 11 is 0. The van der Waals surface area contributed by atoms with E-state index < -0.39 is 73.3 Å². The van der Waals surface area contributed by atoms with Crippen molar-refractivity contribution in [3.8, 4) is 0 Å². The highest BCUT2D eigenvalue weighted by molar-refractivity contribution is 5.76. The van der Waals surface area contributed by atoms with Crippen molar-refractivity contribution in [2.75, 3.05) is 13.2 Å². The van der Waals surface area contributed by atoms with Gasteiger partial charge in [0.05, 0.1) is 6.61 Å². The molecule has 1 aromatic carbocycles. The molecule has 2 rings (SSSR count). The first-order valence-corrected chi connectivity index (χ1v) is 11.2. The molecule has 6 unspecified atom stereocenters. The summed E-state index contributed by atoms with van der Waals surface area (Å²) in [7, 11) is 0. The molecule has 0 aromatic heterocycles. The van der Waals surface area contributed by atoms with Crippen molar-refractivity contribution < 1.29 is 57.1 Å². The molecule has 0 radical (unpaired) electrons. The Morgan fingerprint density at radius 1 is 0.778 bits per heavy atom. The average Bonchev–Trinajstić information content (AvgIpc) is 2.79. The van der Waals surface area contributed by atoms with Crippen molar-refractivity contribution in [2.45, 2.75) is 71.4 Å². The molecule has 12 nitrogen and oxygen atoms in total. The Kier molecular flexibility index (Phi) is 10.8. The number of carbonyl (C=O) groups is 5. The first-order valence-electron chi connectivity index (χ1n) is 11.2. The van der Waals surface area contributed by atoms with Crippen LogP contribution in [0.3, 0.4) is 0 Å². The zero-order valence-corrected chi connectivity index (χ0v) is 20.7. The van der Waals surface area contributed by atoms with Gasteiger partial charge in [-0.15, -0.1) is 0 Å². The van der Waals surface area contributed by atoms with E-state index in [1.807, 2.05) is 0 Å². The summed E-state index contributed by atoms with van der Waals surface area (Å²) in [5.41, 5.74) is 0.406. The van der Waals surface area contributed by atoms with E-state index in [0.717, 1.165) is 27.7 Å². The van der Waals surface area contributed by atoms with Crippen molar-refractivity contribution in [3.05, 3.63) is 35.9 Å². The number of hydrogen-bond donors (Lipinski definition) is 0. The van der Waals surface area contributed by atoms with Crippen LogP contribution in [0.25, 0.3) is 0 Å². The second kappa shape index (κ2) is 13.5. The Hall–Kier alpha value is -3.51. The first kappa shape index (κ1) is 28.7. The molecule has 0 N–H and O–H groups in total. The lowest BCUT2D eigenvalue weighted by Crippen LogP contribution is -2.63. The summed E-state index contributed by atoms with van der Waals surface area (Å²) in [4.78, 5) is 60.0. The fourth-order valence-corrected chi connectivity index (χ4v) is 3.55. The van der Waals surface area contributed by atoms with E-state index in [0.29, 0.717) is 5.56 Å². The fraction of sp³-hybridized carbons (Fsp3) is 0.542. The normalized spacial score (nSPS) is 24.1. The molecule has 1 aromatic rings. The molecule has 36 heavy (non-hydrogen) atoms. The third kappa shape index (κ3) is 8.31. The van der Waals surface area contributed by atoms with Gasteiger partial charge < -0.3 is 33.2 Å². The minimum Gasteiger partial charge on any atom is -0.464 e. The van der Waals surface area contributed by atoms with E-state index in [2.05, 4.69) is 0 Å². The lowest BCUT2D eigenvalue weighted by Gasteiger charge is -2.44. The maximum absolute atomic E-state index is 12.8. The lowest BCUT2D eigenvalue weighted by atomic mass is 9.97. The van der Waals surface area contributed by atoms with Gasteiger partial charge in [-0.3, -0.25) is 19.2 Å². The fourth-order valence-electron chi connectivity index (χ4n) is 3.55. The molecular weight excluding hydrogens is 480 g/mol. The zero-order valence-electron chi connectivity index (χ0n) is 20.7. The molecule has 1 heterocycles. The summed E-state index contributed by atoms with van der Waals surface area (Å²) < 4.78 is 38.1. The second-order valence-corrected chi connectivity index (χ2v) is 7.75. The van der Waals surface area contributed by atoms with Gasteiger partial charge in [-0.2, -0.15) is 0 Å². The van der Waals surface area contributed by atoms with E-state index >= 15 is 0 Å². The van der Waals surface area contributed by atoms with E-state index in [4.69, 9.17) is 33.2 Å².